The molecule has 2 aliphatic heterocycles. The Labute approximate surface area is 106 Å². The van der Waals surface area contributed by atoms with Crippen LogP contribution in [0.25, 0.3) is 0 Å². The highest BCUT2D eigenvalue weighted by Crippen LogP contribution is 2.23. The summed E-state index contributed by atoms with van der Waals surface area (Å²) in [6.07, 6.45) is 1.22. The molecule has 0 aromatic carbocycles. The summed E-state index contributed by atoms with van der Waals surface area (Å²) in [5, 5.41) is 8.90. The monoisotopic (exact) mass is 254 g/mol. The van der Waals surface area contributed by atoms with Crippen LogP contribution in [-0.2, 0) is 14.4 Å². The van der Waals surface area contributed by atoms with Gasteiger partial charge in [0.05, 0.1) is 11.8 Å². The van der Waals surface area contributed by atoms with Crippen LogP contribution in [-0.4, -0.2) is 58.9 Å². The maximum absolute atomic E-state index is 12.2. The van der Waals surface area contributed by atoms with E-state index in [9.17, 15) is 14.4 Å². The fraction of sp³-hybridized carbons (Fsp3) is 0.750. The number of carbonyl (C=O) groups excluding carboxylic acids is 2. The topological polar surface area (TPSA) is 77.9 Å². The molecule has 0 saturated carbocycles. The second-order valence-corrected chi connectivity index (χ2v) is 5.06. The summed E-state index contributed by atoms with van der Waals surface area (Å²) in [4.78, 5) is 37.5. The van der Waals surface area contributed by atoms with Gasteiger partial charge in [-0.15, -0.1) is 0 Å². The first-order chi connectivity index (χ1) is 8.49. The molecular weight excluding hydrogens is 236 g/mol. The molecule has 2 rings (SSSR count). The van der Waals surface area contributed by atoms with Crippen LogP contribution in [0.2, 0.25) is 0 Å². The highest BCUT2D eigenvalue weighted by Gasteiger charge is 2.37. The maximum Gasteiger partial charge on any atom is 0.308 e. The van der Waals surface area contributed by atoms with Gasteiger partial charge in [-0.1, -0.05) is 0 Å². The lowest BCUT2D eigenvalue weighted by Gasteiger charge is -2.20. The number of hydrogen-bond donors (Lipinski definition) is 1. The van der Waals surface area contributed by atoms with Gasteiger partial charge in [-0.2, -0.15) is 0 Å². The average molecular weight is 254 g/mol. The van der Waals surface area contributed by atoms with Crippen molar-refractivity contribution < 1.29 is 19.5 Å². The first kappa shape index (κ1) is 12.9. The van der Waals surface area contributed by atoms with Crippen LogP contribution in [0.4, 0.5) is 0 Å². The largest absolute Gasteiger partial charge is 0.481 e. The molecule has 0 aromatic rings. The van der Waals surface area contributed by atoms with Crippen molar-refractivity contribution in [3.63, 3.8) is 0 Å². The van der Waals surface area contributed by atoms with Crippen molar-refractivity contribution in [3.05, 3.63) is 0 Å². The summed E-state index contributed by atoms with van der Waals surface area (Å²) in [5.41, 5.74) is 0. The normalized spacial score (nSPS) is 27.6. The smallest absolute Gasteiger partial charge is 0.308 e. The van der Waals surface area contributed by atoms with E-state index in [0.717, 1.165) is 0 Å². The molecule has 0 bridgehead atoms. The van der Waals surface area contributed by atoms with E-state index in [1.165, 1.54) is 6.92 Å². The fourth-order valence-corrected chi connectivity index (χ4v) is 2.67. The van der Waals surface area contributed by atoms with E-state index in [0.29, 0.717) is 39.0 Å². The third-order valence-electron chi connectivity index (χ3n) is 3.83. The molecule has 2 fully saturated rings. The average Bonchev–Trinajstić information content (AvgIpc) is 2.97. The molecule has 2 unspecified atom stereocenters. The molecule has 6 heteroatoms. The summed E-state index contributed by atoms with van der Waals surface area (Å²) < 4.78 is 0. The van der Waals surface area contributed by atoms with Crippen LogP contribution in [0.5, 0.6) is 0 Å². The van der Waals surface area contributed by atoms with Gasteiger partial charge >= 0.3 is 5.97 Å². The van der Waals surface area contributed by atoms with Crippen molar-refractivity contribution >= 4 is 17.8 Å². The second-order valence-electron chi connectivity index (χ2n) is 5.06. The van der Waals surface area contributed by atoms with Crippen molar-refractivity contribution in [1.82, 2.24) is 9.80 Å². The molecule has 0 aliphatic carbocycles. The van der Waals surface area contributed by atoms with Crippen molar-refractivity contribution in [2.75, 3.05) is 26.2 Å². The zero-order valence-electron chi connectivity index (χ0n) is 10.5. The van der Waals surface area contributed by atoms with Gasteiger partial charge in [0.1, 0.15) is 0 Å². The zero-order valence-corrected chi connectivity index (χ0v) is 10.5. The number of carboxylic acids is 1. The standard InChI is InChI=1S/C12H18N2O4/c1-8(15)13-4-2-9(6-13)11(16)14-5-3-10(7-14)12(17)18/h9-10H,2-7H2,1H3,(H,17,18). The predicted molar refractivity (Wildman–Crippen MR) is 62.7 cm³/mol. The lowest BCUT2D eigenvalue weighted by molar-refractivity contribution is -0.141. The third kappa shape index (κ3) is 2.47. The van der Waals surface area contributed by atoms with E-state index in [1.54, 1.807) is 9.80 Å². The Morgan fingerprint density at radius 3 is 2.06 bits per heavy atom. The highest BCUT2D eigenvalue weighted by atomic mass is 16.4. The van der Waals surface area contributed by atoms with Crippen LogP contribution in [0.15, 0.2) is 0 Å². The van der Waals surface area contributed by atoms with E-state index in [-0.39, 0.29) is 17.7 Å². The SMILES string of the molecule is CC(=O)N1CCC(C(=O)N2CCC(C(=O)O)C2)C1. The Balaban J connectivity index is 1.90. The number of carboxylic acid groups (broad SMARTS) is 1. The van der Waals surface area contributed by atoms with E-state index in [2.05, 4.69) is 0 Å². The minimum absolute atomic E-state index is 0.00231. The minimum Gasteiger partial charge on any atom is -0.481 e. The molecule has 2 heterocycles. The molecule has 6 nitrogen and oxygen atoms in total. The van der Waals surface area contributed by atoms with Crippen LogP contribution >= 0.6 is 0 Å². The van der Waals surface area contributed by atoms with Crippen LogP contribution in [0.1, 0.15) is 19.8 Å². The Morgan fingerprint density at radius 1 is 1.00 bits per heavy atom. The quantitative estimate of drug-likeness (QED) is 0.739. The van der Waals surface area contributed by atoms with Crippen LogP contribution < -0.4 is 0 Å². The molecule has 100 valence electrons. The van der Waals surface area contributed by atoms with E-state index < -0.39 is 11.9 Å². The highest BCUT2D eigenvalue weighted by molar-refractivity contribution is 5.82. The van der Waals surface area contributed by atoms with E-state index >= 15 is 0 Å². The van der Waals surface area contributed by atoms with Gasteiger partial charge in [0, 0.05) is 33.1 Å². The number of aliphatic carboxylic acids is 1. The summed E-state index contributed by atoms with van der Waals surface area (Å²) in [6.45, 7) is 3.44. The molecule has 2 aliphatic rings. The van der Waals surface area contributed by atoms with Gasteiger partial charge in [-0.05, 0) is 12.8 Å². The second kappa shape index (κ2) is 4.96. The van der Waals surface area contributed by atoms with Crippen molar-refractivity contribution in [3.8, 4) is 0 Å². The molecule has 1 N–H and O–H groups in total. The predicted octanol–water partition coefficient (Wildman–Crippen LogP) is -0.212. The van der Waals surface area contributed by atoms with Crippen molar-refractivity contribution in [1.29, 1.82) is 0 Å². The lowest BCUT2D eigenvalue weighted by atomic mass is 10.1. The van der Waals surface area contributed by atoms with E-state index in [4.69, 9.17) is 5.11 Å². The van der Waals surface area contributed by atoms with E-state index in [1.807, 2.05) is 0 Å². The van der Waals surface area contributed by atoms with Crippen molar-refractivity contribution in [2.24, 2.45) is 11.8 Å². The molecular formula is C12H18N2O4. The first-order valence-electron chi connectivity index (χ1n) is 6.26. The van der Waals surface area contributed by atoms with Gasteiger partial charge < -0.3 is 14.9 Å². The molecule has 2 saturated heterocycles. The van der Waals surface area contributed by atoms with Gasteiger partial charge in [0.15, 0.2) is 0 Å². The van der Waals surface area contributed by atoms with Crippen molar-refractivity contribution in [2.45, 2.75) is 19.8 Å². The number of carbonyl (C=O) groups is 3. The van der Waals surface area contributed by atoms with Crippen LogP contribution in [0, 0.1) is 11.8 Å². The van der Waals surface area contributed by atoms with Gasteiger partial charge in [0.25, 0.3) is 0 Å². The van der Waals surface area contributed by atoms with Gasteiger partial charge in [-0.3, -0.25) is 14.4 Å². The molecule has 2 atom stereocenters. The number of rotatable bonds is 2. The first-order valence-corrected chi connectivity index (χ1v) is 6.26. The van der Waals surface area contributed by atoms with Gasteiger partial charge in [0.2, 0.25) is 11.8 Å². The number of nitrogens with zero attached hydrogens (tertiary/aromatic N) is 2. The summed E-state index contributed by atoms with van der Waals surface area (Å²) >= 11 is 0. The number of likely N-dealkylation sites (tertiary alicyclic amines) is 2. The van der Waals surface area contributed by atoms with Gasteiger partial charge in [-0.25, -0.2) is 0 Å². The summed E-state index contributed by atoms with van der Waals surface area (Å²) in [5.74, 6) is -1.42. The lowest BCUT2D eigenvalue weighted by Crippen LogP contribution is -2.37. The zero-order chi connectivity index (χ0) is 13.3. The Hall–Kier alpha value is -1.59. The minimum atomic E-state index is -0.831. The fourth-order valence-electron chi connectivity index (χ4n) is 2.67. The Kier molecular flexibility index (Phi) is 3.54. The third-order valence-corrected chi connectivity index (χ3v) is 3.83. The molecule has 2 amide bonds. The molecule has 0 aromatic heterocycles. The Bertz CT molecular complexity index is 348. The van der Waals surface area contributed by atoms with Crippen LogP contribution in [0.3, 0.4) is 0 Å². The molecule has 0 radical (unpaired) electrons. The molecule has 18 heavy (non-hydrogen) atoms. The number of hydrogen-bond acceptors (Lipinski definition) is 3. The molecule has 0 spiro atoms. The maximum atomic E-state index is 12.2. The summed E-state index contributed by atoms with van der Waals surface area (Å²) in [6, 6.07) is 0. The Morgan fingerprint density at radius 2 is 1.56 bits per heavy atom. The number of amides is 2. The summed E-state index contributed by atoms with van der Waals surface area (Å²) in [7, 11) is 0.